The molecule has 0 aliphatic heterocycles. The molecule has 0 fully saturated rings. The number of amides is 1. The third-order valence-corrected chi connectivity index (χ3v) is 4.86. The molecular formula is C20H17N3O3S. The third-order valence-electron chi connectivity index (χ3n) is 3.86. The number of aromatic nitrogens is 1. The van der Waals surface area contributed by atoms with E-state index in [1.54, 1.807) is 31.4 Å². The van der Waals surface area contributed by atoms with Crippen molar-refractivity contribution in [1.29, 1.82) is 5.26 Å². The highest BCUT2D eigenvalue weighted by Crippen LogP contribution is 2.29. The maximum Gasteiger partial charge on any atom is 0.245 e. The van der Waals surface area contributed by atoms with Crippen molar-refractivity contribution in [2.45, 2.75) is 6.04 Å². The van der Waals surface area contributed by atoms with Crippen LogP contribution in [0.15, 0.2) is 48.5 Å². The van der Waals surface area contributed by atoms with Gasteiger partial charge in [0.2, 0.25) is 5.91 Å². The smallest absolute Gasteiger partial charge is 0.245 e. The zero-order chi connectivity index (χ0) is 19.2. The molecule has 1 N–H and O–H groups in total. The molecule has 2 aromatic carbocycles. The Labute approximate surface area is 160 Å². The Morgan fingerprint density at radius 3 is 2.78 bits per heavy atom. The van der Waals surface area contributed by atoms with Gasteiger partial charge in [0.1, 0.15) is 22.5 Å². The van der Waals surface area contributed by atoms with Crippen LogP contribution in [0.5, 0.6) is 11.5 Å². The highest BCUT2D eigenvalue weighted by Gasteiger charge is 2.18. The van der Waals surface area contributed by atoms with E-state index in [-0.39, 0.29) is 0 Å². The molecule has 6 nitrogen and oxygen atoms in total. The van der Waals surface area contributed by atoms with E-state index in [2.05, 4.69) is 16.4 Å². The molecule has 0 aliphatic carbocycles. The minimum Gasteiger partial charge on any atom is -0.497 e. The van der Waals surface area contributed by atoms with Crippen LogP contribution in [-0.2, 0) is 4.79 Å². The largest absolute Gasteiger partial charge is 0.497 e. The van der Waals surface area contributed by atoms with Crippen LogP contribution in [0.25, 0.3) is 16.3 Å². The third kappa shape index (κ3) is 4.25. The molecule has 1 aromatic heterocycles. The van der Waals surface area contributed by atoms with E-state index in [0.717, 1.165) is 15.2 Å². The SMILES string of the molecule is COc1ccc([C@@H](C#N)NC(=O)/C=C\c2nc3ccccc3s2)c(OC)c1. The first-order chi connectivity index (χ1) is 13.1. The van der Waals surface area contributed by atoms with Gasteiger partial charge in [-0.1, -0.05) is 12.1 Å². The predicted octanol–water partition coefficient (Wildman–Crippen LogP) is 3.71. The number of nitriles is 1. The first-order valence-corrected chi connectivity index (χ1v) is 8.92. The number of carbonyl (C=O) groups is 1. The number of carbonyl (C=O) groups excluding carboxylic acids is 1. The Kier molecular flexibility index (Phi) is 5.69. The summed E-state index contributed by atoms with van der Waals surface area (Å²) < 4.78 is 11.5. The van der Waals surface area contributed by atoms with Gasteiger partial charge in [-0.2, -0.15) is 5.26 Å². The number of methoxy groups -OCH3 is 2. The lowest BCUT2D eigenvalue weighted by Crippen LogP contribution is -2.26. The second-order valence-electron chi connectivity index (χ2n) is 5.53. The van der Waals surface area contributed by atoms with Crippen LogP contribution in [0, 0.1) is 11.3 Å². The molecule has 27 heavy (non-hydrogen) atoms. The average molecular weight is 379 g/mol. The van der Waals surface area contributed by atoms with E-state index in [4.69, 9.17) is 9.47 Å². The van der Waals surface area contributed by atoms with Crippen LogP contribution in [0.1, 0.15) is 16.6 Å². The zero-order valence-electron chi connectivity index (χ0n) is 14.8. The van der Waals surface area contributed by atoms with Crippen LogP contribution in [0.4, 0.5) is 0 Å². The summed E-state index contributed by atoms with van der Waals surface area (Å²) in [7, 11) is 3.05. The molecule has 0 radical (unpaired) electrons. The molecule has 0 spiro atoms. The molecule has 0 unspecified atom stereocenters. The highest BCUT2D eigenvalue weighted by molar-refractivity contribution is 7.19. The molecule has 3 aromatic rings. The predicted molar refractivity (Wildman–Crippen MR) is 105 cm³/mol. The first-order valence-electron chi connectivity index (χ1n) is 8.10. The number of hydrogen-bond donors (Lipinski definition) is 1. The topological polar surface area (TPSA) is 84.2 Å². The lowest BCUT2D eigenvalue weighted by atomic mass is 10.1. The van der Waals surface area contributed by atoms with Crippen LogP contribution < -0.4 is 14.8 Å². The number of nitrogens with one attached hydrogen (secondary N) is 1. The summed E-state index contributed by atoms with van der Waals surface area (Å²) in [6.45, 7) is 0. The Morgan fingerprint density at radius 2 is 2.07 bits per heavy atom. The molecular weight excluding hydrogens is 362 g/mol. The van der Waals surface area contributed by atoms with Gasteiger partial charge >= 0.3 is 0 Å². The number of nitrogens with zero attached hydrogens (tertiary/aromatic N) is 2. The van der Waals surface area contributed by atoms with Gasteiger partial charge in [-0.25, -0.2) is 4.98 Å². The molecule has 3 rings (SSSR count). The van der Waals surface area contributed by atoms with Crippen molar-refractivity contribution in [3.63, 3.8) is 0 Å². The normalized spacial score (nSPS) is 11.9. The number of thiazole rings is 1. The molecule has 1 heterocycles. The van der Waals surface area contributed by atoms with Gasteiger partial charge in [-0.3, -0.25) is 4.79 Å². The number of para-hydroxylation sites is 1. The van der Waals surface area contributed by atoms with Gasteiger partial charge in [0.25, 0.3) is 0 Å². The minimum absolute atomic E-state index is 0.390. The van der Waals surface area contributed by atoms with Crippen molar-refractivity contribution in [2.75, 3.05) is 14.2 Å². The number of ether oxygens (including phenoxy) is 2. The fraction of sp³-hybridized carbons (Fsp3) is 0.150. The van der Waals surface area contributed by atoms with Crippen molar-refractivity contribution >= 4 is 33.5 Å². The standard InChI is InChI=1S/C20H17N3O3S/c1-25-13-7-8-14(17(11-13)26-2)16(12-21)22-19(24)9-10-20-23-15-5-3-4-6-18(15)27-20/h3-11,16H,1-2H3,(H,22,24)/b10-9-/t16-/m1/s1. The molecule has 7 heteroatoms. The van der Waals surface area contributed by atoms with Gasteiger partial charge in [-0.15, -0.1) is 11.3 Å². The van der Waals surface area contributed by atoms with Gasteiger partial charge in [0.15, 0.2) is 0 Å². The van der Waals surface area contributed by atoms with Gasteiger partial charge in [0, 0.05) is 17.7 Å². The quantitative estimate of drug-likeness (QED) is 0.660. The van der Waals surface area contributed by atoms with Crippen LogP contribution in [-0.4, -0.2) is 25.1 Å². The van der Waals surface area contributed by atoms with E-state index >= 15 is 0 Å². The van der Waals surface area contributed by atoms with E-state index in [9.17, 15) is 10.1 Å². The van der Waals surface area contributed by atoms with E-state index in [1.165, 1.54) is 24.5 Å². The van der Waals surface area contributed by atoms with Crippen molar-refractivity contribution < 1.29 is 14.3 Å². The highest BCUT2D eigenvalue weighted by atomic mass is 32.1. The Bertz CT molecular complexity index is 1000. The molecule has 0 saturated heterocycles. The summed E-state index contributed by atoms with van der Waals surface area (Å²) in [5.41, 5.74) is 1.45. The lowest BCUT2D eigenvalue weighted by molar-refractivity contribution is -0.116. The number of fused-ring (bicyclic) bond motifs is 1. The monoisotopic (exact) mass is 379 g/mol. The maximum atomic E-state index is 12.3. The summed E-state index contributed by atoms with van der Waals surface area (Å²) in [6, 6.07) is 14.1. The lowest BCUT2D eigenvalue weighted by Gasteiger charge is -2.15. The maximum absolute atomic E-state index is 12.3. The molecule has 0 aliphatic rings. The molecule has 0 bridgehead atoms. The summed E-state index contributed by atoms with van der Waals surface area (Å²) in [5.74, 6) is 0.685. The van der Waals surface area contributed by atoms with E-state index in [1.807, 2.05) is 24.3 Å². The van der Waals surface area contributed by atoms with Gasteiger partial charge in [0.05, 0.1) is 30.5 Å². The Morgan fingerprint density at radius 1 is 1.26 bits per heavy atom. The first kappa shape index (κ1) is 18.4. The van der Waals surface area contributed by atoms with Crippen LogP contribution in [0.2, 0.25) is 0 Å². The minimum atomic E-state index is -0.849. The zero-order valence-corrected chi connectivity index (χ0v) is 15.6. The fourth-order valence-electron chi connectivity index (χ4n) is 2.54. The molecule has 136 valence electrons. The van der Waals surface area contributed by atoms with Crippen molar-refractivity contribution in [3.05, 3.63) is 59.1 Å². The number of rotatable bonds is 6. The summed E-state index contributed by atoms with van der Waals surface area (Å²) >= 11 is 1.49. The number of benzene rings is 2. The van der Waals surface area contributed by atoms with Crippen LogP contribution in [0.3, 0.4) is 0 Å². The van der Waals surface area contributed by atoms with Crippen molar-refractivity contribution in [3.8, 4) is 17.6 Å². The fourth-order valence-corrected chi connectivity index (χ4v) is 3.41. The second-order valence-corrected chi connectivity index (χ2v) is 6.59. The van der Waals surface area contributed by atoms with E-state index < -0.39 is 11.9 Å². The molecule has 1 amide bonds. The molecule has 0 saturated carbocycles. The summed E-state index contributed by atoms with van der Waals surface area (Å²) in [6.07, 6.45) is 3.01. The Hall–Kier alpha value is -3.37. The summed E-state index contributed by atoms with van der Waals surface area (Å²) in [5, 5.41) is 12.9. The van der Waals surface area contributed by atoms with Gasteiger partial charge in [-0.05, 0) is 30.3 Å². The average Bonchev–Trinajstić information content (AvgIpc) is 3.13. The van der Waals surface area contributed by atoms with E-state index in [0.29, 0.717) is 17.1 Å². The second kappa shape index (κ2) is 8.34. The van der Waals surface area contributed by atoms with Crippen LogP contribution >= 0.6 is 11.3 Å². The summed E-state index contributed by atoms with van der Waals surface area (Å²) in [4.78, 5) is 16.7. The Balaban J connectivity index is 1.74. The van der Waals surface area contributed by atoms with Crippen molar-refractivity contribution in [1.82, 2.24) is 10.3 Å². The van der Waals surface area contributed by atoms with Gasteiger partial charge < -0.3 is 14.8 Å². The number of hydrogen-bond acceptors (Lipinski definition) is 6. The molecule has 1 atom stereocenters. The van der Waals surface area contributed by atoms with Crippen molar-refractivity contribution in [2.24, 2.45) is 0 Å².